The average molecular weight is 288 g/mol. The number of ether oxygens (including phenoxy) is 2. The maximum absolute atomic E-state index is 5.53. The van der Waals surface area contributed by atoms with Crippen LogP contribution in [0.15, 0.2) is 36.4 Å². The van der Waals surface area contributed by atoms with E-state index >= 15 is 0 Å². The lowest BCUT2D eigenvalue weighted by Crippen LogP contribution is -2.29. The number of fused-ring (bicyclic) bond motifs is 1. The quantitative estimate of drug-likeness (QED) is 0.720. The van der Waals surface area contributed by atoms with Crippen LogP contribution in [0.5, 0.6) is 0 Å². The Bertz CT molecular complexity index is 545. The van der Waals surface area contributed by atoms with Crippen molar-refractivity contribution in [2.45, 2.75) is 18.9 Å². The van der Waals surface area contributed by atoms with Crippen molar-refractivity contribution in [1.29, 1.82) is 0 Å². The summed E-state index contributed by atoms with van der Waals surface area (Å²) < 4.78 is 10.5. The van der Waals surface area contributed by atoms with E-state index in [1.807, 2.05) is 19.2 Å². The van der Waals surface area contributed by atoms with Crippen LogP contribution < -0.4 is 5.32 Å². The molecule has 0 saturated carbocycles. The summed E-state index contributed by atoms with van der Waals surface area (Å²) in [5.41, 5.74) is 2.17. The zero-order valence-corrected chi connectivity index (χ0v) is 12.8. The van der Waals surface area contributed by atoms with Gasteiger partial charge in [-0.15, -0.1) is 0 Å². The Kier molecular flexibility index (Phi) is 6.60. The predicted octanol–water partition coefficient (Wildman–Crippen LogP) is 2.42. The number of nitrogens with one attached hydrogen (secondary N) is 1. The Balaban J connectivity index is 1.87. The molecule has 0 spiro atoms. The number of hydrogen-bond donors (Lipinski definition) is 1. The summed E-state index contributed by atoms with van der Waals surface area (Å²) in [6.45, 7) is 2.04. The number of rotatable bonds is 9. The van der Waals surface area contributed by atoms with Crippen molar-refractivity contribution in [1.82, 2.24) is 10.3 Å². The van der Waals surface area contributed by atoms with E-state index in [1.54, 1.807) is 7.11 Å². The van der Waals surface area contributed by atoms with E-state index in [1.165, 1.54) is 5.39 Å². The van der Waals surface area contributed by atoms with Crippen LogP contribution in [0.4, 0.5) is 0 Å². The highest BCUT2D eigenvalue weighted by atomic mass is 16.5. The second-order valence-corrected chi connectivity index (χ2v) is 5.08. The van der Waals surface area contributed by atoms with Gasteiger partial charge in [0.15, 0.2) is 0 Å². The molecule has 21 heavy (non-hydrogen) atoms. The van der Waals surface area contributed by atoms with Gasteiger partial charge in [-0.3, -0.25) is 4.98 Å². The van der Waals surface area contributed by atoms with E-state index in [9.17, 15) is 0 Å². The first-order valence-corrected chi connectivity index (χ1v) is 7.42. The Hall–Kier alpha value is -1.49. The van der Waals surface area contributed by atoms with Crippen molar-refractivity contribution in [3.8, 4) is 0 Å². The lowest BCUT2D eigenvalue weighted by Gasteiger charge is -2.16. The van der Waals surface area contributed by atoms with Crippen LogP contribution in [-0.4, -0.2) is 45.0 Å². The van der Waals surface area contributed by atoms with Crippen molar-refractivity contribution < 1.29 is 9.47 Å². The minimum atomic E-state index is 0.376. The van der Waals surface area contributed by atoms with Crippen molar-refractivity contribution >= 4 is 10.9 Å². The molecule has 0 radical (unpaired) electrons. The van der Waals surface area contributed by atoms with Crippen LogP contribution in [0.25, 0.3) is 10.9 Å². The highest BCUT2D eigenvalue weighted by Crippen LogP contribution is 2.13. The Morgan fingerprint density at radius 1 is 1.10 bits per heavy atom. The van der Waals surface area contributed by atoms with E-state index in [4.69, 9.17) is 14.5 Å². The van der Waals surface area contributed by atoms with Gasteiger partial charge < -0.3 is 14.8 Å². The zero-order chi connectivity index (χ0) is 14.9. The van der Waals surface area contributed by atoms with Crippen molar-refractivity contribution in [3.05, 3.63) is 42.1 Å². The number of aromatic nitrogens is 1. The second kappa shape index (κ2) is 8.72. The van der Waals surface area contributed by atoms with Gasteiger partial charge in [0.25, 0.3) is 0 Å². The zero-order valence-electron chi connectivity index (χ0n) is 12.8. The molecule has 4 nitrogen and oxygen atoms in total. The largest absolute Gasteiger partial charge is 0.382 e. The van der Waals surface area contributed by atoms with Crippen molar-refractivity contribution in [2.75, 3.05) is 34.0 Å². The van der Waals surface area contributed by atoms with Crippen molar-refractivity contribution in [3.63, 3.8) is 0 Å². The highest BCUT2D eigenvalue weighted by Gasteiger charge is 2.08. The molecule has 0 aliphatic heterocycles. The molecular weight excluding hydrogens is 264 g/mol. The molecule has 0 bridgehead atoms. The van der Waals surface area contributed by atoms with Gasteiger partial charge in [0.05, 0.1) is 18.7 Å². The molecule has 0 saturated heterocycles. The average Bonchev–Trinajstić information content (AvgIpc) is 2.53. The van der Waals surface area contributed by atoms with Crippen molar-refractivity contribution in [2.24, 2.45) is 0 Å². The fourth-order valence-corrected chi connectivity index (χ4v) is 2.29. The summed E-state index contributed by atoms with van der Waals surface area (Å²) >= 11 is 0. The van der Waals surface area contributed by atoms with Gasteiger partial charge in [-0.05, 0) is 25.6 Å². The first kappa shape index (κ1) is 15.9. The molecule has 114 valence electrons. The van der Waals surface area contributed by atoms with E-state index in [-0.39, 0.29) is 0 Å². The highest BCUT2D eigenvalue weighted by molar-refractivity contribution is 5.78. The number of para-hydroxylation sites is 1. The molecule has 2 aromatic rings. The van der Waals surface area contributed by atoms with Crippen LogP contribution in [0.3, 0.4) is 0 Å². The van der Waals surface area contributed by atoms with Gasteiger partial charge in [0.2, 0.25) is 0 Å². The molecule has 1 atom stereocenters. The molecule has 4 heteroatoms. The fraction of sp³-hybridized carbons (Fsp3) is 0.471. The molecule has 0 fully saturated rings. The molecule has 1 N–H and O–H groups in total. The topological polar surface area (TPSA) is 43.4 Å². The molecular formula is C17H24N2O2. The lowest BCUT2D eigenvalue weighted by molar-refractivity contribution is 0.0661. The van der Waals surface area contributed by atoms with Crippen LogP contribution in [0.2, 0.25) is 0 Å². The first-order valence-electron chi connectivity index (χ1n) is 7.42. The second-order valence-electron chi connectivity index (χ2n) is 5.08. The molecule has 2 rings (SSSR count). The van der Waals surface area contributed by atoms with Crippen LogP contribution in [0.1, 0.15) is 12.1 Å². The third-order valence-electron chi connectivity index (χ3n) is 3.56. The summed E-state index contributed by atoms with van der Waals surface area (Å²) in [5, 5.41) is 4.52. The first-order chi connectivity index (χ1) is 10.3. The molecule has 0 amide bonds. The van der Waals surface area contributed by atoms with Gasteiger partial charge in [0, 0.05) is 37.3 Å². The summed E-state index contributed by atoms with van der Waals surface area (Å²) in [4.78, 5) is 4.72. The minimum absolute atomic E-state index is 0.376. The minimum Gasteiger partial charge on any atom is -0.382 e. The smallest absolute Gasteiger partial charge is 0.0705 e. The van der Waals surface area contributed by atoms with E-state index in [0.717, 1.165) is 30.7 Å². The molecule has 1 aromatic heterocycles. The number of benzene rings is 1. The number of nitrogens with zero attached hydrogens (tertiary/aromatic N) is 1. The van der Waals surface area contributed by atoms with Gasteiger partial charge in [0.1, 0.15) is 0 Å². The molecule has 1 heterocycles. The fourth-order valence-electron chi connectivity index (χ4n) is 2.29. The number of pyridine rings is 1. The third-order valence-corrected chi connectivity index (χ3v) is 3.56. The normalized spacial score (nSPS) is 12.7. The van der Waals surface area contributed by atoms with Crippen LogP contribution >= 0.6 is 0 Å². The standard InChI is InChI=1S/C17H24N2O2/c1-18-15(9-10-21-12-11-20-2)13-16-8-7-14-5-3-4-6-17(14)19-16/h3-8,15,18H,9-13H2,1-2H3. The number of hydrogen-bond acceptors (Lipinski definition) is 4. The third kappa shape index (κ3) is 5.08. The van der Waals surface area contributed by atoms with E-state index in [2.05, 4.69) is 29.6 Å². The van der Waals surface area contributed by atoms with Gasteiger partial charge in [-0.25, -0.2) is 0 Å². The van der Waals surface area contributed by atoms with Gasteiger partial charge in [-0.1, -0.05) is 24.3 Å². The molecule has 0 aliphatic carbocycles. The maximum Gasteiger partial charge on any atom is 0.0705 e. The van der Waals surface area contributed by atoms with E-state index < -0.39 is 0 Å². The molecule has 0 aliphatic rings. The Labute approximate surface area is 126 Å². The van der Waals surface area contributed by atoms with E-state index in [0.29, 0.717) is 19.3 Å². The maximum atomic E-state index is 5.53. The van der Waals surface area contributed by atoms with Crippen LogP contribution in [0, 0.1) is 0 Å². The van der Waals surface area contributed by atoms with Crippen LogP contribution in [-0.2, 0) is 15.9 Å². The molecule has 1 aromatic carbocycles. The Morgan fingerprint density at radius 2 is 1.95 bits per heavy atom. The summed E-state index contributed by atoms with van der Waals surface area (Å²) in [6.07, 6.45) is 1.88. The SMILES string of the molecule is CNC(CCOCCOC)Cc1ccc2ccccc2n1. The predicted molar refractivity (Wildman–Crippen MR) is 85.6 cm³/mol. The monoisotopic (exact) mass is 288 g/mol. The summed E-state index contributed by atoms with van der Waals surface area (Å²) in [5.74, 6) is 0. The van der Waals surface area contributed by atoms with Gasteiger partial charge in [-0.2, -0.15) is 0 Å². The number of methoxy groups -OCH3 is 1. The molecule has 1 unspecified atom stereocenters. The Morgan fingerprint density at radius 3 is 2.76 bits per heavy atom. The van der Waals surface area contributed by atoms with Gasteiger partial charge >= 0.3 is 0 Å². The number of likely N-dealkylation sites (N-methyl/N-ethyl adjacent to an activating group) is 1. The summed E-state index contributed by atoms with van der Waals surface area (Å²) in [7, 11) is 3.67. The summed E-state index contributed by atoms with van der Waals surface area (Å²) in [6, 6.07) is 12.8. The lowest BCUT2D eigenvalue weighted by atomic mass is 10.1.